The first-order chi connectivity index (χ1) is 11.1. The van der Waals surface area contributed by atoms with E-state index in [1.54, 1.807) is 0 Å². The smallest absolute Gasteiger partial charge is 0.194 e. The molecule has 1 aromatic rings. The summed E-state index contributed by atoms with van der Waals surface area (Å²) in [7, 11) is 0. The number of guanidine groups is 1. The van der Waals surface area contributed by atoms with E-state index >= 15 is 0 Å². The maximum absolute atomic E-state index is 4.88. The molecule has 1 spiro atoms. The summed E-state index contributed by atoms with van der Waals surface area (Å²) in [5.41, 5.74) is 0.603. The van der Waals surface area contributed by atoms with Crippen LogP contribution in [-0.4, -0.2) is 40.0 Å². The van der Waals surface area contributed by atoms with Crippen LogP contribution in [0.5, 0.6) is 0 Å². The van der Waals surface area contributed by atoms with Gasteiger partial charge in [0.15, 0.2) is 5.96 Å². The molecule has 0 amide bonds. The number of imidazole rings is 1. The SMILES string of the molecule is CCNC(=NCc1nccn1CC(C)C)N1CCC2(CCC2)C1.I. The molecule has 24 heavy (non-hydrogen) atoms. The Morgan fingerprint density at radius 2 is 2.17 bits per heavy atom. The van der Waals surface area contributed by atoms with Crippen LogP contribution in [0.25, 0.3) is 0 Å². The molecule has 136 valence electrons. The summed E-state index contributed by atoms with van der Waals surface area (Å²) < 4.78 is 2.23. The Kier molecular flexibility index (Phi) is 6.95. The van der Waals surface area contributed by atoms with Gasteiger partial charge in [0.2, 0.25) is 0 Å². The average molecular weight is 445 g/mol. The zero-order valence-electron chi connectivity index (χ0n) is 15.3. The van der Waals surface area contributed by atoms with Crippen LogP contribution in [0.4, 0.5) is 0 Å². The molecule has 0 radical (unpaired) electrons. The number of nitrogens with zero attached hydrogens (tertiary/aromatic N) is 4. The van der Waals surface area contributed by atoms with E-state index in [1.807, 2.05) is 6.20 Å². The van der Waals surface area contributed by atoms with Gasteiger partial charge in [-0.2, -0.15) is 0 Å². The van der Waals surface area contributed by atoms with Gasteiger partial charge >= 0.3 is 0 Å². The molecule has 0 bridgehead atoms. The highest BCUT2D eigenvalue weighted by Crippen LogP contribution is 2.47. The van der Waals surface area contributed by atoms with Crippen molar-refractivity contribution >= 4 is 29.9 Å². The normalized spacial score (nSPS) is 19.5. The first-order valence-corrected chi connectivity index (χ1v) is 9.15. The van der Waals surface area contributed by atoms with Crippen molar-refractivity contribution in [3.8, 4) is 0 Å². The molecule has 2 aliphatic rings. The number of halogens is 1. The van der Waals surface area contributed by atoms with E-state index < -0.39 is 0 Å². The van der Waals surface area contributed by atoms with Crippen molar-refractivity contribution in [2.45, 2.75) is 59.5 Å². The zero-order valence-corrected chi connectivity index (χ0v) is 17.6. The van der Waals surface area contributed by atoms with Crippen LogP contribution in [-0.2, 0) is 13.1 Å². The first-order valence-electron chi connectivity index (χ1n) is 9.15. The highest BCUT2D eigenvalue weighted by molar-refractivity contribution is 14.0. The van der Waals surface area contributed by atoms with Crippen LogP contribution in [0, 0.1) is 11.3 Å². The summed E-state index contributed by atoms with van der Waals surface area (Å²) in [5, 5.41) is 3.47. The molecule has 2 heterocycles. The molecule has 1 aliphatic carbocycles. The second-order valence-electron chi connectivity index (χ2n) is 7.58. The molecule has 0 unspecified atom stereocenters. The van der Waals surface area contributed by atoms with E-state index in [9.17, 15) is 0 Å². The molecule has 6 heteroatoms. The van der Waals surface area contributed by atoms with Gasteiger partial charge in [0.25, 0.3) is 0 Å². The number of hydrogen-bond donors (Lipinski definition) is 1. The Morgan fingerprint density at radius 1 is 1.38 bits per heavy atom. The molecule has 1 saturated heterocycles. The van der Waals surface area contributed by atoms with Crippen molar-refractivity contribution in [2.24, 2.45) is 16.3 Å². The van der Waals surface area contributed by atoms with Crippen LogP contribution in [0.15, 0.2) is 17.4 Å². The van der Waals surface area contributed by atoms with Crippen LogP contribution >= 0.6 is 24.0 Å². The van der Waals surface area contributed by atoms with Gasteiger partial charge in [-0.25, -0.2) is 9.98 Å². The van der Waals surface area contributed by atoms with Gasteiger partial charge in [-0.15, -0.1) is 24.0 Å². The van der Waals surface area contributed by atoms with Crippen molar-refractivity contribution < 1.29 is 0 Å². The lowest BCUT2D eigenvalue weighted by Crippen LogP contribution is -2.42. The fraction of sp³-hybridized carbons (Fsp3) is 0.778. The van der Waals surface area contributed by atoms with Crippen LogP contribution in [0.2, 0.25) is 0 Å². The van der Waals surface area contributed by atoms with E-state index in [0.29, 0.717) is 17.9 Å². The Hall–Kier alpha value is -0.790. The molecule has 1 aliphatic heterocycles. The van der Waals surface area contributed by atoms with Gasteiger partial charge in [-0.05, 0) is 37.5 Å². The summed E-state index contributed by atoms with van der Waals surface area (Å²) in [6, 6.07) is 0. The van der Waals surface area contributed by atoms with Crippen LogP contribution in [0.1, 0.15) is 52.3 Å². The Labute approximate surface area is 163 Å². The molecule has 2 fully saturated rings. The lowest BCUT2D eigenvalue weighted by Gasteiger charge is -2.38. The van der Waals surface area contributed by atoms with E-state index in [0.717, 1.165) is 31.4 Å². The Morgan fingerprint density at radius 3 is 2.75 bits per heavy atom. The van der Waals surface area contributed by atoms with Gasteiger partial charge in [0.05, 0.1) is 0 Å². The second-order valence-corrected chi connectivity index (χ2v) is 7.58. The predicted molar refractivity (Wildman–Crippen MR) is 110 cm³/mol. The summed E-state index contributed by atoms with van der Waals surface area (Å²) >= 11 is 0. The largest absolute Gasteiger partial charge is 0.357 e. The summed E-state index contributed by atoms with van der Waals surface area (Å²) in [6.07, 6.45) is 9.51. The van der Waals surface area contributed by atoms with E-state index in [2.05, 4.69) is 46.7 Å². The third-order valence-corrected chi connectivity index (χ3v) is 5.22. The van der Waals surface area contributed by atoms with Gasteiger partial charge < -0.3 is 14.8 Å². The minimum absolute atomic E-state index is 0. The molecular formula is C18H32IN5. The fourth-order valence-corrected chi connectivity index (χ4v) is 3.82. The zero-order chi connectivity index (χ0) is 16.3. The number of hydrogen-bond acceptors (Lipinski definition) is 2. The van der Waals surface area contributed by atoms with Crippen molar-refractivity contribution in [3.63, 3.8) is 0 Å². The molecule has 3 rings (SSSR count). The van der Waals surface area contributed by atoms with Gasteiger partial charge in [0, 0.05) is 38.6 Å². The maximum Gasteiger partial charge on any atom is 0.194 e. The molecular weight excluding hydrogens is 413 g/mol. The average Bonchev–Trinajstić information content (AvgIpc) is 3.09. The van der Waals surface area contributed by atoms with Crippen LogP contribution in [0.3, 0.4) is 0 Å². The molecule has 0 atom stereocenters. The monoisotopic (exact) mass is 445 g/mol. The summed E-state index contributed by atoms with van der Waals surface area (Å²) in [5.74, 6) is 2.75. The third kappa shape index (κ3) is 4.43. The van der Waals surface area contributed by atoms with E-state index in [-0.39, 0.29) is 24.0 Å². The van der Waals surface area contributed by atoms with Gasteiger partial charge in [-0.3, -0.25) is 0 Å². The standard InChI is InChI=1S/C18H31N5.HI/c1-4-19-17(23-10-8-18(14-23)6-5-7-18)21-12-16-20-9-11-22(16)13-15(2)3;/h9,11,15H,4-8,10,12-14H2,1-3H3,(H,19,21);1H. The minimum Gasteiger partial charge on any atom is -0.357 e. The highest BCUT2D eigenvalue weighted by Gasteiger charge is 2.43. The number of rotatable bonds is 5. The lowest BCUT2D eigenvalue weighted by molar-refractivity contribution is 0.151. The minimum atomic E-state index is 0. The number of nitrogens with one attached hydrogen (secondary N) is 1. The topological polar surface area (TPSA) is 45.5 Å². The Balaban J connectivity index is 0.00000208. The molecule has 1 aromatic heterocycles. The third-order valence-electron chi connectivity index (χ3n) is 5.22. The quantitative estimate of drug-likeness (QED) is 0.429. The lowest BCUT2D eigenvalue weighted by atomic mass is 9.68. The number of aromatic nitrogens is 2. The van der Waals surface area contributed by atoms with Gasteiger partial charge in [-0.1, -0.05) is 20.3 Å². The molecule has 0 aromatic carbocycles. The first kappa shape index (κ1) is 19.5. The molecule has 1 saturated carbocycles. The molecule has 1 N–H and O–H groups in total. The maximum atomic E-state index is 4.88. The summed E-state index contributed by atoms with van der Waals surface area (Å²) in [4.78, 5) is 11.8. The second kappa shape index (κ2) is 8.54. The van der Waals surface area contributed by atoms with Crippen molar-refractivity contribution in [1.82, 2.24) is 19.8 Å². The van der Waals surface area contributed by atoms with Crippen LogP contribution < -0.4 is 5.32 Å². The fourth-order valence-electron chi connectivity index (χ4n) is 3.82. The number of aliphatic imine (C=N–C) groups is 1. The number of likely N-dealkylation sites (tertiary alicyclic amines) is 1. The van der Waals surface area contributed by atoms with E-state index in [4.69, 9.17) is 4.99 Å². The van der Waals surface area contributed by atoms with Crippen molar-refractivity contribution in [1.29, 1.82) is 0 Å². The molecule has 5 nitrogen and oxygen atoms in total. The highest BCUT2D eigenvalue weighted by atomic mass is 127. The van der Waals surface area contributed by atoms with E-state index in [1.165, 1.54) is 32.2 Å². The predicted octanol–water partition coefficient (Wildman–Crippen LogP) is 3.50. The van der Waals surface area contributed by atoms with Crippen molar-refractivity contribution in [3.05, 3.63) is 18.2 Å². The summed E-state index contributed by atoms with van der Waals surface area (Å²) in [6.45, 7) is 11.5. The van der Waals surface area contributed by atoms with Crippen molar-refractivity contribution in [2.75, 3.05) is 19.6 Å². The van der Waals surface area contributed by atoms with Gasteiger partial charge in [0.1, 0.15) is 12.4 Å². The Bertz CT molecular complexity index is 547.